The maximum Gasteiger partial charge on any atom is 0.291 e. The van der Waals surface area contributed by atoms with Crippen LogP contribution in [0, 0.1) is 0 Å². The molecule has 0 bridgehead atoms. The van der Waals surface area contributed by atoms with Gasteiger partial charge in [-0.2, -0.15) is 0 Å². The van der Waals surface area contributed by atoms with E-state index in [1.54, 1.807) is 35.9 Å². The fraction of sp³-hybridized carbons (Fsp3) is 0.600. The number of methoxy groups -OCH3 is 1. The lowest BCUT2D eigenvalue weighted by Gasteiger charge is -2.27. The fourth-order valence-corrected chi connectivity index (χ4v) is 3.95. The number of hydrogen-bond donors (Lipinski definition) is 1. The van der Waals surface area contributed by atoms with Crippen LogP contribution in [-0.4, -0.2) is 54.1 Å². The molecule has 2 unspecified atom stereocenters. The lowest BCUT2D eigenvalue weighted by molar-refractivity contribution is -0.125. The Balaban J connectivity index is 2.10. The number of amides is 2. The van der Waals surface area contributed by atoms with Crippen LogP contribution in [-0.2, 0) is 9.53 Å². The molecule has 2 amide bonds. The van der Waals surface area contributed by atoms with Gasteiger partial charge in [-0.1, -0.05) is 13.3 Å². The smallest absolute Gasteiger partial charge is 0.291 e. The molecule has 1 N–H and O–H groups in total. The molecular weight excluding hydrogens is 304 g/mol. The van der Waals surface area contributed by atoms with Crippen LogP contribution in [0.15, 0.2) is 22.8 Å². The average molecular weight is 326 g/mol. The standard InChI is InChI=1S/C15H22N2O4S/c1-3-5-13-17(15(19)12-6-4-8-21-12)11(10-22-13)14(18)16-7-9-20-2/h4,6,8,11,13H,3,5,7,9-10H2,1-2H3,(H,16,18). The average Bonchev–Trinajstić information content (AvgIpc) is 3.17. The van der Waals surface area contributed by atoms with Gasteiger partial charge in [-0.25, -0.2) is 0 Å². The van der Waals surface area contributed by atoms with Crippen molar-refractivity contribution in [3.05, 3.63) is 24.2 Å². The Morgan fingerprint density at radius 1 is 1.55 bits per heavy atom. The Labute approximate surface area is 134 Å². The summed E-state index contributed by atoms with van der Waals surface area (Å²) in [6, 6.07) is 2.85. The highest BCUT2D eigenvalue weighted by Gasteiger charge is 2.41. The summed E-state index contributed by atoms with van der Waals surface area (Å²) in [7, 11) is 1.58. The SMILES string of the molecule is CCCC1SCC(C(=O)NCCOC)N1C(=O)c1ccco1. The van der Waals surface area contributed by atoms with Crippen LogP contribution in [0.25, 0.3) is 0 Å². The third-order valence-corrected chi connectivity index (χ3v) is 4.86. The molecule has 122 valence electrons. The van der Waals surface area contributed by atoms with Crippen LogP contribution < -0.4 is 5.32 Å². The van der Waals surface area contributed by atoms with Gasteiger partial charge in [-0.15, -0.1) is 11.8 Å². The summed E-state index contributed by atoms with van der Waals surface area (Å²) in [6.07, 6.45) is 3.29. The van der Waals surface area contributed by atoms with Crippen molar-refractivity contribution < 1.29 is 18.7 Å². The van der Waals surface area contributed by atoms with Crippen LogP contribution in [0.4, 0.5) is 0 Å². The van der Waals surface area contributed by atoms with Gasteiger partial charge in [0, 0.05) is 19.4 Å². The Morgan fingerprint density at radius 2 is 2.36 bits per heavy atom. The van der Waals surface area contributed by atoms with Gasteiger partial charge in [0.05, 0.1) is 18.2 Å². The van der Waals surface area contributed by atoms with E-state index in [1.807, 2.05) is 0 Å². The second kappa shape index (κ2) is 8.24. The molecule has 0 saturated carbocycles. The molecule has 1 aliphatic heterocycles. The quantitative estimate of drug-likeness (QED) is 0.773. The Hall–Kier alpha value is -1.47. The van der Waals surface area contributed by atoms with Crippen LogP contribution in [0.3, 0.4) is 0 Å². The van der Waals surface area contributed by atoms with Gasteiger partial charge in [0.15, 0.2) is 5.76 Å². The molecule has 6 nitrogen and oxygen atoms in total. The van der Waals surface area contributed by atoms with Crippen molar-refractivity contribution in [1.82, 2.24) is 10.2 Å². The largest absolute Gasteiger partial charge is 0.459 e. The van der Waals surface area contributed by atoms with Crippen molar-refractivity contribution in [2.45, 2.75) is 31.2 Å². The molecule has 1 aromatic heterocycles. The lowest BCUT2D eigenvalue weighted by Crippen LogP contribution is -2.50. The highest BCUT2D eigenvalue weighted by atomic mass is 32.2. The third-order valence-electron chi connectivity index (χ3n) is 3.50. The number of carbonyl (C=O) groups excluding carboxylic acids is 2. The molecule has 0 spiro atoms. The highest BCUT2D eigenvalue weighted by Crippen LogP contribution is 2.33. The minimum absolute atomic E-state index is 0.0146. The first-order chi connectivity index (χ1) is 10.7. The van der Waals surface area contributed by atoms with Crippen molar-refractivity contribution >= 4 is 23.6 Å². The van der Waals surface area contributed by atoms with Gasteiger partial charge < -0.3 is 19.4 Å². The fourth-order valence-electron chi connectivity index (χ4n) is 2.43. The summed E-state index contributed by atoms with van der Waals surface area (Å²) in [5, 5.41) is 2.83. The first-order valence-electron chi connectivity index (χ1n) is 7.43. The normalized spacial score (nSPS) is 21.1. The van der Waals surface area contributed by atoms with E-state index < -0.39 is 6.04 Å². The van der Waals surface area contributed by atoms with Gasteiger partial charge in [0.25, 0.3) is 5.91 Å². The van der Waals surface area contributed by atoms with E-state index in [0.717, 1.165) is 12.8 Å². The third kappa shape index (κ3) is 3.84. The molecule has 1 aliphatic rings. The second-order valence-electron chi connectivity index (χ2n) is 5.07. The Bertz CT molecular complexity index is 492. The summed E-state index contributed by atoms with van der Waals surface area (Å²) in [6.45, 7) is 2.97. The predicted octanol–water partition coefficient (Wildman–Crippen LogP) is 1.73. The lowest BCUT2D eigenvalue weighted by atomic mass is 10.2. The molecule has 2 atom stereocenters. The second-order valence-corrected chi connectivity index (χ2v) is 6.28. The van der Waals surface area contributed by atoms with E-state index in [9.17, 15) is 9.59 Å². The zero-order valence-electron chi connectivity index (χ0n) is 12.9. The molecule has 2 rings (SSSR count). The van der Waals surface area contributed by atoms with Gasteiger partial charge in [-0.3, -0.25) is 9.59 Å². The van der Waals surface area contributed by atoms with E-state index >= 15 is 0 Å². The number of ether oxygens (including phenoxy) is 1. The maximum absolute atomic E-state index is 12.7. The molecule has 1 aromatic rings. The molecule has 22 heavy (non-hydrogen) atoms. The molecule has 2 heterocycles. The number of rotatable bonds is 7. The van der Waals surface area contributed by atoms with Crippen molar-refractivity contribution in [2.24, 2.45) is 0 Å². The van der Waals surface area contributed by atoms with Gasteiger partial charge in [0.2, 0.25) is 5.91 Å². The van der Waals surface area contributed by atoms with Gasteiger partial charge in [0.1, 0.15) is 6.04 Å². The highest BCUT2D eigenvalue weighted by molar-refractivity contribution is 8.00. The van der Waals surface area contributed by atoms with Crippen LogP contribution in [0.2, 0.25) is 0 Å². The van der Waals surface area contributed by atoms with E-state index in [0.29, 0.717) is 18.9 Å². The molecule has 1 saturated heterocycles. The molecular formula is C15H22N2O4S. The summed E-state index contributed by atoms with van der Waals surface area (Å²) in [4.78, 5) is 26.7. The Morgan fingerprint density at radius 3 is 3.00 bits per heavy atom. The van der Waals surface area contributed by atoms with Crippen LogP contribution >= 0.6 is 11.8 Å². The maximum atomic E-state index is 12.7. The Kier molecular flexibility index (Phi) is 6.33. The monoisotopic (exact) mass is 326 g/mol. The number of hydrogen-bond acceptors (Lipinski definition) is 5. The molecule has 0 aliphatic carbocycles. The summed E-state index contributed by atoms with van der Waals surface area (Å²) >= 11 is 1.65. The zero-order valence-corrected chi connectivity index (χ0v) is 13.7. The summed E-state index contributed by atoms with van der Waals surface area (Å²) < 4.78 is 10.1. The number of nitrogens with zero attached hydrogens (tertiary/aromatic N) is 1. The topological polar surface area (TPSA) is 71.8 Å². The van der Waals surface area contributed by atoms with E-state index in [2.05, 4.69) is 12.2 Å². The number of carbonyl (C=O) groups is 2. The molecule has 0 radical (unpaired) electrons. The number of furan rings is 1. The van der Waals surface area contributed by atoms with Crippen molar-refractivity contribution in [3.63, 3.8) is 0 Å². The first kappa shape index (κ1) is 16.9. The van der Waals surface area contributed by atoms with Crippen molar-refractivity contribution in [1.29, 1.82) is 0 Å². The van der Waals surface area contributed by atoms with Crippen molar-refractivity contribution in [3.8, 4) is 0 Å². The van der Waals surface area contributed by atoms with Crippen molar-refractivity contribution in [2.75, 3.05) is 26.0 Å². The van der Waals surface area contributed by atoms with Crippen LogP contribution in [0.1, 0.15) is 30.3 Å². The van der Waals surface area contributed by atoms with E-state index in [-0.39, 0.29) is 22.9 Å². The predicted molar refractivity (Wildman–Crippen MR) is 84.7 cm³/mol. The zero-order chi connectivity index (χ0) is 15.9. The summed E-state index contributed by atoms with van der Waals surface area (Å²) in [5.41, 5.74) is 0. The van der Waals surface area contributed by atoms with E-state index in [4.69, 9.17) is 9.15 Å². The van der Waals surface area contributed by atoms with E-state index in [1.165, 1.54) is 6.26 Å². The van der Waals surface area contributed by atoms with Crippen LogP contribution in [0.5, 0.6) is 0 Å². The minimum atomic E-state index is -0.462. The molecule has 7 heteroatoms. The summed E-state index contributed by atoms with van der Waals surface area (Å²) in [5.74, 6) is 0.525. The molecule has 0 aromatic carbocycles. The minimum Gasteiger partial charge on any atom is -0.459 e. The number of thioether (sulfide) groups is 1. The molecule has 1 fully saturated rings. The first-order valence-corrected chi connectivity index (χ1v) is 8.48. The number of nitrogens with one attached hydrogen (secondary N) is 1. The van der Waals surface area contributed by atoms with Gasteiger partial charge in [-0.05, 0) is 18.6 Å². The van der Waals surface area contributed by atoms with Gasteiger partial charge >= 0.3 is 0 Å².